The third-order valence-corrected chi connectivity index (χ3v) is 1.38. The molecule has 2 N–H and O–H groups in total. The highest BCUT2D eigenvalue weighted by Gasteiger charge is 2.07. The van der Waals surface area contributed by atoms with Crippen LogP contribution in [-0.2, 0) is 0 Å². The van der Waals surface area contributed by atoms with Gasteiger partial charge in [0.25, 0.3) is 0 Å². The van der Waals surface area contributed by atoms with Crippen LogP contribution in [0, 0.1) is 6.92 Å². The molecule has 0 amide bonds. The average Bonchev–Trinajstić information content (AvgIpc) is 2.36. The molecule has 0 saturated heterocycles. The van der Waals surface area contributed by atoms with Gasteiger partial charge in [-0.05, 0) is 25.1 Å². The van der Waals surface area contributed by atoms with Gasteiger partial charge in [-0.3, -0.25) is 4.79 Å². The summed E-state index contributed by atoms with van der Waals surface area (Å²) in [6.07, 6.45) is 1.91. The average molecular weight is 153 g/mol. The van der Waals surface area contributed by atoms with E-state index in [9.17, 15) is 4.79 Å². The molecule has 0 unspecified atom stereocenters. The summed E-state index contributed by atoms with van der Waals surface area (Å²) in [5, 5.41) is 0. The molecule has 0 radical (unpaired) electrons. The summed E-state index contributed by atoms with van der Waals surface area (Å²) >= 11 is 0. The molecule has 1 rings (SSSR count). The number of ketones is 1. The molecule has 0 fully saturated rings. The van der Waals surface area contributed by atoms with Crippen LogP contribution in [0.4, 0.5) is 0 Å². The second-order valence-corrected chi connectivity index (χ2v) is 2.45. The molecule has 60 valence electrons. The minimum atomic E-state index is -0.0272. The summed E-state index contributed by atoms with van der Waals surface area (Å²) in [6.45, 7) is 2.25. The van der Waals surface area contributed by atoms with Crippen molar-refractivity contribution in [1.82, 2.24) is 0 Å². The minimum Gasteiger partial charge on any atom is -0.461 e. The van der Waals surface area contributed by atoms with Gasteiger partial charge in [-0.15, -0.1) is 0 Å². The molecule has 0 saturated carbocycles. The first-order valence-corrected chi connectivity index (χ1v) is 3.52. The van der Waals surface area contributed by atoms with Gasteiger partial charge in [-0.1, -0.05) is 0 Å². The fourth-order valence-corrected chi connectivity index (χ4v) is 0.832. The van der Waals surface area contributed by atoms with E-state index in [4.69, 9.17) is 10.2 Å². The van der Waals surface area contributed by atoms with Crippen LogP contribution in [0.25, 0.3) is 0 Å². The fourth-order valence-electron chi connectivity index (χ4n) is 0.832. The lowest BCUT2D eigenvalue weighted by Crippen LogP contribution is -2.06. The molecule has 1 aromatic heterocycles. The largest absolute Gasteiger partial charge is 0.461 e. The molecule has 0 aliphatic heterocycles. The summed E-state index contributed by atoms with van der Waals surface area (Å²) in [5.41, 5.74) is 6.17. The monoisotopic (exact) mass is 153 g/mol. The summed E-state index contributed by atoms with van der Waals surface area (Å²) < 4.78 is 4.97. The van der Waals surface area contributed by atoms with E-state index in [1.165, 1.54) is 0 Å². The number of furan rings is 1. The van der Waals surface area contributed by atoms with E-state index in [1.54, 1.807) is 12.3 Å². The topological polar surface area (TPSA) is 56.2 Å². The molecule has 0 aromatic carbocycles. The highest BCUT2D eigenvalue weighted by molar-refractivity contribution is 5.93. The molecule has 0 aliphatic rings. The zero-order chi connectivity index (χ0) is 8.27. The molecule has 1 aromatic rings. The predicted octanol–water partition coefficient (Wildman–Crippen LogP) is 1.12. The fraction of sp³-hybridized carbons (Fsp3) is 0.375. The number of hydrogen-bond donors (Lipinski definition) is 1. The number of aryl methyl sites for hydroxylation is 1. The summed E-state index contributed by atoms with van der Waals surface area (Å²) in [7, 11) is 0. The maximum absolute atomic E-state index is 11.1. The molecule has 0 bridgehead atoms. The van der Waals surface area contributed by atoms with Crippen molar-refractivity contribution in [2.45, 2.75) is 13.3 Å². The smallest absolute Gasteiger partial charge is 0.199 e. The van der Waals surface area contributed by atoms with Gasteiger partial charge in [-0.25, -0.2) is 0 Å². The Labute approximate surface area is 65.2 Å². The van der Waals surface area contributed by atoms with Gasteiger partial charge in [0, 0.05) is 6.42 Å². The first-order chi connectivity index (χ1) is 5.24. The van der Waals surface area contributed by atoms with Gasteiger partial charge < -0.3 is 10.2 Å². The SMILES string of the molecule is Cc1coc(C(=O)CCN)c1. The van der Waals surface area contributed by atoms with Crippen molar-refractivity contribution in [2.75, 3.05) is 6.54 Å². The van der Waals surface area contributed by atoms with Crippen molar-refractivity contribution >= 4 is 5.78 Å². The van der Waals surface area contributed by atoms with Crippen molar-refractivity contribution in [1.29, 1.82) is 0 Å². The molecule has 0 atom stereocenters. The van der Waals surface area contributed by atoms with Gasteiger partial charge in [-0.2, -0.15) is 0 Å². The summed E-state index contributed by atoms with van der Waals surface area (Å²) in [6, 6.07) is 1.72. The van der Waals surface area contributed by atoms with Gasteiger partial charge in [0.15, 0.2) is 11.5 Å². The highest BCUT2D eigenvalue weighted by atomic mass is 16.3. The van der Waals surface area contributed by atoms with Crippen LogP contribution in [0.1, 0.15) is 22.5 Å². The van der Waals surface area contributed by atoms with E-state index < -0.39 is 0 Å². The highest BCUT2D eigenvalue weighted by Crippen LogP contribution is 2.07. The maximum Gasteiger partial charge on any atom is 0.199 e. The lowest BCUT2D eigenvalue weighted by molar-refractivity contribution is 0.0958. The van der Waals surface area contributed by atoms with Crippen LogP contribution in [-0.4, -0.2) is 12.3 Å². The Morgan fingerprint density at radius 2 is 2.45 bits per heavy atom. The second-order valence-electron chi connectivity index (χ2n) is 2.45. The van der Waals surface area contributed by atoms with Crippen molar-refractivity contribution in [3.63, 3.8) is 0 Å². The third kappa shape index (κ3) is 1.91. The van der Waals surface area contributed by atoms with Crippen LogP contribution in [0.3, 0.4) is 0 Å². The van der Waals surface area contributed by atoms with E-state index in [2.05, 4.69) is 0 Å². The van der Waals surface area contributed by atoms with Gasteiger partial charge in [0.2, 0.25) is 0 Å². The maximum atomic E-state index is 11.1. The van der Waals surface area contributed by atoms with Crippen molar-refractivity contribution in [3.8, 4) is 0 Å². The zero-order valence-corrected chi connectivity index (χ0v) is 6.46. The molecular formula is C8H11NO2. The Kier molecular flexibility index (Phi) is 2.44. The number of rotatable bonds is 3. The van der Waals surface area contributed by atoms with E-state index >= 15 is 0 Å². The molecule has 1 heterocycles. The first-order valence-electron chi connectivity index (χ1n) is 3.52. The minimum absolute atomic E-state index is 0.0272. The molecule has 11 heavy (non-hydrogen) atoms. The van der Waals surface area contributed by atoms with E-state index in [0.717, 1.165) is 5.56 Å². The lowest BCUT2D eigenvalue weighted by Gasteiger charge is -1.90. The van der Waals surface area contributed by atoms with Gasteiger partial charge >= 0.3 is 0 Å². The van der Waals surface area contributed by atoms with E-state index in [1.807, 2.05) is 6.92 Å². The van der Waals surface area contributed by atoms with E-state index in [0.29, 0.717) is 18.7 Å². The Bertz CT molecular complexity index is 252. The first kappa shape index (κ1) is 8.01. The Hall–Kier alpha value is -1.09. The van der Waals surface area contributed by atoms with Gasteiger partial charge in [0.1, 0.15) is 0 Å². The Morgan fingerprint density at radius 3 is 2.91 bits per heavy atom. The standard InChI is InChI=1S/C8H11NO2/c1-6-4-8(11-5-6)7(10)2-3-9/h4-5H,2-3,9H2,1H3. The number of Topliss-reactive ketones (excluding diaryl/α,β-unsaturated/α-hetero) is 1. The molecule has 3 heteroatoms. The van der Waals surface area contributed by atoms with Crippen LogP contribution in [0.2, 0.25) is 0 Å². The summed E-state index contributed by atoms with van der Waals surface area (Å²) in [5.74, 6) is 0.383. The number of nitrogens with two attached hydrogens (primary N) is 1. The third-order valence-electron chi connectivity index (χ3n) is 1.38. The quantitative estimate of drug-likeness (QED) is 0.662. The van der Waals surface area contributed by atoms with Crippen LogP contribution < -0.4 is 5.73 Å². The molecule has 0 aliphatic carbocycles. The van der Waals surface area contributed by atoms with Crippen LogP contribution in [0.5, 0.6) is 0 Å². The second kappa shape index (κ2) is 3.34. The van der Waals surface area contributed by atoms with Gasteiger partial charge in [0.05, 0.1) is 6.26 Å². The lowest BCUT2D eigenvalue weighted by atomic mass is 10.2. The Balaban J connectivity index is 2.69. The number of hydrogen-bond acceptors (Lipinski definition) is 3. The molecule has 0 spiro atoms. The van der Waals surface area contributed by atoms with Crippen molar-refractivity contribution in [3.05, 3.63) is 23.7 Å². The van der Waals surface area contributed by atoms with Crippen LogP contribution >= 0.6 is 0 Å². The number of carbonyl (C=O) groups is 1. The van der Waals surface area contributed by atoms with Crippen molar-refractivity contribution in [2.24, 2.45) is 5.73 Å². The molecular weight excluding hydrogens is 142 g/mol. The van der Waals surface area contributed by atoms with Crippen LogP contribution in [0.15, 0.2) is 16.7 Å². The summed E-state index contributed by atoms with van der Waals surface area (Å²) in [4.78, 5) is 11.1. The Morgan fingerprint density at radius 1 is 1.73 bits per heavy atom. The van der Waals surface area contributed by atoms with E-state index in [-0.39, 0.29) is 5.78 Å². The predicted molar refractivity (Wildman–Crippen MR) is 41.4 cm³/mol. The normalized spacial score (nSPS) is 10.0. The van der Waals surface area contributed by atoms with Crippen molar-refractivity contribution < 1.29 is 9.21 Å². The molecule has 3 nitrogen and oxygen atoms in total. The number of carbonyl (C=O) groups excluding carboxylic acids is 1. The zero-order valence-electron chi connectivity index (χ0n) is 6.46.